The smallest absolute Gasteiger partial charge is 0.252 e. The van der Waals surface area contributed by atoms with Gasteiger partial charge in [0.1, 0.15) is 0 Å². The molecule has 0 radical (unpaired) electrons. The van der Waals surface area contributed by atoms with Crippen molar-refractivity contribution in [3.63, 3.8) is 0 Å². The summed E-state index contributed by atoms with van der Waals surface area (Å²) < 4.78 is 0. The fraction of sp³-hybridized carbons (Fsp3) is 0.294. The maximum Gasteiger partial charge on any atom is 0.252 e. The number of rotatable bonds is 7. The quantitative estimate of drug-likeness (QED) is 0.746. The molecule has 1 heterocycles. The molecule has 0 saturated carbocycles. The van der Waals surface area contributed by atoms with Crippen molar-refractivity contribution in [3.8, 4) is 0 Å². The maximum atomic E-state index is 11.9. The van der Waals surface area contributed by atoms with Crippen LogP contribution in [0.1, 0.15) is 41.7 Å². The van der Waals surface area contributed by atoms with Crippen LogP contribution < -0.4 is 10.6 Å². The van der Waals surface area contributed by atoms with Gasteiger partial charge in [0.15, 0.2) is 0 Å². The zero-order valence-electron chi connectivity index (χ0n) is 12.8. The van der Waals surface area contributed by atoms with E-state index in [-0.39, 0.29) is 17.9 Å². The molecule has 23 heavy (non-hydrogen) atoms. The molecule has 0 saturated heterocycles. The van der Waals surface area contributed by atoms with E-state index < -0.39 is 0 Å². The highest BCUT2D eigenvalue weighted by molar-refractivity contribution is 7.08. The lowest BCUT2D eigenvalue weighted by Crippen LogP contribution is -2.28. The number of amides is 2. The van der Waals surface area contributed by atoms with Crippen LogP contribution in [0.2, 0.25) is 5.02 Å². The Hall–Kier alpha value is -1.85. The molecule has 1 atom stereocenters. The summed E-state index contributed by atoms with van der Waals surface area (Å²) in [5.41, 5.74) is 1.63. The summed E-state index contributed by atoms with van der Waals surface area (Å²) >= 11 is 7.43. The second kappa shape index (κ2) is 8.70. The second-order valence-electron chi connectivity index (χ2n) is 5.22. The third-order valence-corrected chi connectivity index (χ3v) is 4.29. The summed E-state index contributed by atoms with van der Waals surface area (Å²) in [6, 6.07) is 9.11. The van der Waals surface area contributed by atoms with Crippen molar-refractivity contribution in [1.29, 1.82) is 0 Å². The van der Waals surface area contributed by atoms with Gasteiger partial charge in [-0.05, 0) is 42.5 Å². The summed E-state index contributed by atoms with van der Waals surface area (Å²) in [7, 11) is 0. The average molecular weight is 351 g/mol. The van der Waals surface area contributed by atoms with Gasteiger partial charge in [-0.3, -0.25) is 9.59 Å². The first-order valence-electron chi connectivity index (χ1n) is 7.41. The highest BCUT2D eigenvalue weighted by Gasteiger charge is 2.10. The molecule has 0 aliphatic heterocycles. The first-order chi connectivity index (χ1) is 11.1. The number of thiophene rings is 1. The minimum absolute atomic E-state index is 0.0396. The molecule has 0 aliphatic rings. The number of hydrogen-bond donors (Lipinski definition) is 2. The Balaban J connectivity index is 1.68. The third kappa shape index (κ3) is 5.69. The SMILES string of the molecule is C[C@@H](NC(=O)CCCNC(=O)c1ccsc1)c1cccc(Cl)c1. The Morgan fingerprint density at radius 3 is 2.83 bits per heavy atom. The number of hydrogen-bond acceptors (Lipinski definition) is 3. The number of benzene rings is 1. The molecule has 6 heteroatoms. The molecule has 2 amide bonds. The van der Waals surface area contributed by atoms with Crippen LogP contribution in [0.5, 0.6) is 0 Å². The molecule has 1 aromatic carbocycles. The number of halogens is 1. The maximum absolute atomic E-state index is 11.9. The molecule has 0 aliphatic carbocycles. The van der Waals surface area contributed by atoms with Crippen molar-refractivity contribution in [2.45, 2.75) is 25.8 Å². The Kier molecular flexibility index (Phi) is 6.62. The molecule has 0 unspecified atom stereocenters. The predicted molar refractivity (Wildman–Crippen MR) is 93.9 cm³/mol. The summed E-state index contributed by atoms with van der Waals surface area (Å²) in [6.07, 6.45) is 0.971. The van der Waals surface area contributed by atoms with Gasteiger partial charge in [0, 0.05) is 28.9 Å². The fourth-order valence-corrected chi connectivity index (χ4v) is 2.95. The topological polar surface area (TPSA) is 58.2 Å². The molecular formula is C17H19ClN2O2S. The third-order valence-electron chi connectivity index (χ3n) is 3.38. The average Bonchev–Trinajstić information content (AvgIpc) is 3.06. The molecule has 2 N–H and O–H groups in total. The van der Waals surface area contributed by atoms with Crippen molar-refractivity contribution < 1.29 is 9.59 Å². The normalized spacial score (nSPS) is 11.7. The molecular weight excluding hydrogens is 332 g/mol. The van der Waals surface area contributed by atoms with Crippen molar-refractivity contribution in [3.05, 3.63) is 57.2 Å². The van der Waals surface area contributed by atoms with Crippen LogP contribution in [-0.2, 0) is 4.79 Å². The lowest BCUT2D eigenvalue weighted by Gasteiger charge is -2.14. The van der Waals surface area contributed by atoms with E-state index in [0.29, 0.717) is 30.0 Å². The molecule has 0 bridgehead atoms. The molecule has 2 aromatic rings. The number of carbonyl (C=O) groups excluding carboxylic acids is 2. The lowest BCUT2D eigenvalue weighted by molar-refractivity contribution is -0.121. The first kappa shape index (κ1) is 17.5. The van der Waals surface area contributed by atoms with Gasteiger partial charge in [-0.15, -0.1) is 0 Å². The van der Waals surface area contributed by atoms with Crippen LogP contribution in [0, 0.1) is 0 Å². The van der Waals surface area contributed by atoms with Crippen molar-refractivity contribution >= 4 is 34.8 Å². The summed E-state index contributed by atoms with van der Waals surface area (Å²) in [5, 5.41) is 10.0. The van der Waals surface area contributed by atoms with Crippen LogP contribution >= 0.6 is 22.9 Å². The summed E-state index contributed by atoms with van der Waals surface area (Å²) in [6.45, 7) is 2.40. The van der Waals surface area contributed by atoms with E-state index in [4.69, 9.17) is 11.6 Å². The first-order valence-corrected chi connectivity index (χ1v) is 8.73. The van der Waals surface area contributed by atoms with Gasteiger partial charge in [0.25, 0.3) is 5.91 Å². The van der Waals surface area contributed by atoms with Crippen molar-refractivity contribution in [2.24, 2.45) is 0 Å². The van der Waals surface area contributed by atoms with Crippen LogP contribution in [0.4, 0.5) is 0 Å². The van der Waals surface area contributed by atoms with E-state index in [1.807, 2.05) is 30.5 Å². The predicted octanol–water partition coefficient (Wildman–Crippen LogP) is 3.79. The standard InChI is InChI=1S/C17H19ClN2O2S/c1-12(13-4-2-5-15(18)10-13)20-16(21)6-3-8-19-17(22)14-7-9-23-11-14/h2,4-5,7,9-12H,3,6,8H2,1H3,(H,19,22)(H,20,21)/t12-/m1/s1. The number of nitrogens with one attached hydrogen (secondary N) is 2. The molecule has 122 valence electrons. The van der Waals surface area contributed by atoms with Crippen molar-refractivity contribution in [1.82, 2.24) is 10.6 Å². The van der Waals surface area contributed by atoms with Crippen LogP contribution in [-0.4, -0.2) is 18.4 Å². The Bertz CT molecular complexity index is 658. The zero-order chi connectivity index (χ0) is 16.7. The molecule has 4 nitrogen and oxygen atoms in total. The van der Waals surface area contributed by atoms with E-state index in [2.05, 4.69) is 10.6 Å². The fourth-order valence-electron chi connectivity index (χ4n) is 2.12. The Morgan fingerprint density at radius 1 is 1.30 bits per heavy atom. The largest absolute Gasteiger partial charge is 0.352 e. The molecule has 0 spiro atoms. The van der Waals surface area contributed by atoms with Crippen molar-refractivity contribution in [2.75, 3.05) is 6.54 Å². The van der Waals surface area contributed by atoms with Gasteiger partial charge in [0.05, 0.1) is 6.04 Å². The van der Waals surface area contributed by atoms with E-state index in [1.165, 1.54) is 11.3 Å². The summed E-state index contributed by atoms with van der Waals surface area (Å²) in [5.74, 6) is -0.138. The monoisotopic (exact) mass is 350 g/mol. The summed E-state index contributed by atoms with van der Waals surface area (Å²) in [4.78, 5) is 23.7. The van der Waals surface area contributed by atoms with E-state index >= 15 is 0 Å². The van der Waals surface area contributed by atoms with Gasteiger partial charge in [-0.2, -0.15) is 11.3 Å². The highest BCUT2D eigenvalue weighted by atomic mass is 35.5. The minimum Gasteiger partial charge on any atom is -0.352 e. The molecule has 2 rings (SSSR count). The molecule has 1 aromatic heterocycles. The van der Waals surface area contributed by atoms with E-state index in [1.54, 1.807) is 17.5 Å². The Labute approximate surface area is 144 Å². The second-order valence-corrected chi connectivity index (χ2v) is 6.43. The Morgan fingerprint density at radius 2 is 2.13 bits per heavy atom. The van der Waals surface area contributed by atoms with Gasteiger partial charge >= 0.3 is 0 Å². The van der Waals surface area contributed by atoms with E-state index in [0.717, 1.165) is 5.56 Å². The van der Waals surface area contributed by atoms with Crippen LogP contribution in [0.15, 0.2) is 41.1 Å². The van der Waals surface area contributed by atoms with Gasteiger partial charge < -0.3 is 10.6 Å². The van der Waals surface area contributed by atoms with Gasteiger partial charge in [-0.1, -0.05) is 23.7 Å². The minimum atomic E-state index is -0.0982. The number of carbonyl (C=O) groups is 2. The van der Waals surface area contributed by atoms with Gasteiger partial charge in [-0.25, -0.2) is 0 Å². The lowest BCUT2D eigenvalue weighted by atomic mass is 10.1. The highest BCUT2D eigenvalue weighted by Crippen LogP contribution is 2.17. The zero-order valence-corrected chi connectivity index (χ0v) is 14.4. The van der Waals surface area contributed by atoms with Gasteiger partial charge in [0.2, 0.25) is 5.91 Å². The van der Waals surface area contributed by atoms with Crippen LogP contribution in [0.3, 0.4) is 0 Å². The van der Waals surface area contributed by atoms with E-state index in [9.17, 15) is 9.59 Å². The molecule has 0 fully saturated rings. The van der Waals surface area contributed by atoms with Crippen LogP contribution in [0.25, 0.3) is 0 Å².